The zero-order valence-electron chi connectivity index (χ0n) is 10.7. The van der Waals surface area contributed by atoms with Gasteiger partial charge in [0.15, 0.2) is 0 Å². The highest BCUT2D eigenvalue weighted by Crippen LogP contribution is 2.30. The summed E-state index contributed by atoms with van der Waals surface area (Å²) in [5.74, 6) is -0.276. The number of carbonyl (C=O) groups excluding carboxylic acids is 1. The molecule has 0 atom stereocenters. The first kappa shape index (κ1) is 13.1. The van der Waals surface area contributed by atoms with Gasteiger partial charge in [0.05, 0.1) is 0 Å². The molecule has 3 N–H and O–H groups in total. The summed E-state index contributed by atoms with van der Waals surface area (Å²) in [4.78, 5) is 12.0. The minimum atomic E-state index is -1.17. The Bertz CT molecular complexity index is 426. The van der Waals surface area contributed by atoms with Crippen LogP contribution in [0.25, 0.3) is 0 Å². The van der Waals surface area contributed by atoms with E-state index in [0.29, 0.717) is 12.8 Å². The number of rotatable bonds is 4. The maximum atomic E-state index is 12.0. The summed E-state index contributed by atoms with van der Waals surface area (Å²) in [6.07, 6.45) is 2.97. The number of hydrogen-bond acceptors (Lipinski definition) is 3. The molecule has 1 aliphatic rings. The van der Waals surface area contributed by atoms with E-state index in [0.717, 1.165) is 30.6 Å². The minimum absolute atomic E-state index is 0.276. The van der Waals surface area contributed by atoms with Crippen molar-refractivity contribution in [3.8, 4) is 0 Å². The fraction of sp³-hybridized carbons (Fsp3) is 0.500. The van der Waals surface area contributed by atoms with Gasteiger partial charge in [0.1, 0.15) is 5.60 Å². The molecule has 0 spiro atoms. The van der Waals surface area contributed by atoms with Gasteiger partial charge in [-0.15, -0.1) is 0 Å². The van der Waals surface area contributed by atoms with Crippen molar-refractivity contribution >= 4 is 11.6 Å². The van der Waals surface area contributed by atoms with Crippen molar-refractivity contribution in [3.63, 3.8) is 0 Å². The Kier molecular flexibility index (Phi) is 3.99. The average Bonchev–Trinajstić information content (AvgIpc) is 2.78. The summed E-state index contributed by atoms with van der Waals surface area (Å²) < 4.78 is 0. The zero-order valence-corrected chi connectivity index (χ0v) is 10.7. The molecule has 1 amide bonds. The number of carbonyl (C=O) groups is 1. The molecule has 4 nitrogen and oxygen atoms in total. The number of aliphatic hydroxyl groups is 1. The highest BCUT2D eigenvalue weighted by molar-refractivity contribution is 5.97. The first-order valence-corrected chi connectivity index (χ1v) is 6.41. The van der Waals surface area contributed by atoms with Crippen LogP contribution in [0.4, 0.5) is 5.69 Å². The number of anilines is 1. The van der Waals surface area contributed by atoms with Crippen molar-refractivity contribution in [2.24, 2.45) is 0 Å². The van der Waals surface area contributed by atoms with Gasteiger partial charge in [-0.2, -0.15) is 0 Å². The van der Waals surface area contributed by atoms with Gasteiger partial charge < -0.3 is 15.7 Å². The van der Waals surface area contributed by atoms with E-state index in [2.05, 4.69) is 10.6 Å². The van der Waals surface area contributed by atoms with E-state index in [-0.39, 0.29) is 5.91 Å². The van der Waals surface area contributed by atoms with E-state index in [4.69, 9.17) is 0 Å². The molecule has 2 rings (SSSR count). The second-order valence-electron chi connectivity index (χ2n) is 4.92. The lowest BCUT2D eigenvalue weighted by Gasteiger charge is -2.21. The third-order valence-electron chi connectivity index (χ3n) is 3.42. The number of benzene rings is 1. The monoisotopic (exact) mass is 248 g/mol. The zero-order chi connectivity index (χ0) is 13.0. The molecule has 1 aliphatic carbocycles. The van der Waals surface area contributed by atoms with E-state index >= 15 is 0 Å². The Balaban J connectivity index is 2.04. The summed E-state index contributed by atoms with van der Waals surface area (Å²) in [7, 11) is 1.88. The summed E-state index contributed by atoms with van der Waals surface area (Å²) in [5, 5.41) is 16.0. The number of hydrogen-bond donors (Lipinski definition) is 3. The van der Waals surface area contributed by atoms with Gasteiger partial charge in [0, 0.05) is 12.2 Å². The van der Waals surface area contributed by atoms with Crippen LogP contribution < -0.4 is 10.6 Å². The van der Waals surface area contributed by atoms with Crippen LogP contribution in [0.15, 0.2) is 24.3 Å². The SMILES string of the molecule is CNCc1cccc(NC(=O)C2(O)CCCC2)c1. The van der Waals surface area contributed by atoms with Crippen LogP contribution in [0.1, 0.15) is 31.2 Å². The normalized spacial score (nSPS) is 17.7. The Hall–Kier alpha value is -1.39. The van der Waals surface area contributed by atoms with E-state index in [1.807, 2.05) is 31.3 Å². The third-order valence-corrected chi connectivity index (χ3v) is 3.42. The maximum absolute atomic E-state index is 12.0. The van der Waals surface area contributed by atoms with Crippen LogP contribution in [0.3, 0.4) is 0 Å². The molecule has 1 saturated carbocycles. The summed E-state index contributed by atoms with van der Waals surface area (Å²) >= 11 is 0. The Morgan fingerprint density at radius 1 is 1.39 bits per heavy atom. The van der Waals surface area contributed by atoms with Gasteiger partial charge in [-0.1, -0.05) is 12.1 Å². The molecule has 98 valence electrons. The second-order valence-corrected chi connectivity index (χ2v) is 4.92. The molecule has 0 bridgehead atoms. The third kappa shape index (κ3) is 2.89. The van der Waals surface area contributed by atoms with Crippen molar-refractivity contribution in [3.05, 3.63) is 29.8 Å². The standard InChI is InChI=1S/C14H20N2O2/c1-15-10-11-5-4-6-12(9-11)16-13(17)14(18)7-2-3-8-14/h4-6,9,15,18H,2-3,7-8,10H2,1H3,(H,16,17). The molecule has 0 aromatic heterocycles. The van der Waals surface area contributed by atoms with Crippen LogP contribution in [0.2, 0.25) is 0 Å². The highest BCUT2D eigenvalue weighted by atomic mass is 16.3. The molecule has 0 heterocycles. The summed E-state index contributed by atoms with van der Waals surface area (Å²) in [5.41, 5.74) is 0.681. The molecule has 0 unspecified atom stereocenters. The quantitative estimate of drug-likeness (QED) is 0.759. The van der Waals surface area contributed by atoms with Gasteiger partial charge in [0.2, 0.25) is 0 Å². The van der Waals surface area contributed by atoms with E-state index in [1.165, 1.54) is 0 Å². The Morgan fingerprint density at radius 2 is 2.11 bits per heavy atom. The largest absolute Gasteiger partial charge is 0.380 e. The summed E-state index contributed by atoms with van der Waals surface area (Å²) in [6.45, 7) is 0.758. The van der Waals surface area contributed by atoms with E-state index in [1.54, 1.807) is 0 Å². The smallest absolute Gasteiger partial charge is 0.256 e. The van der Waals surface area contributed by atoms with E-state index in [9.17, 15) is 9.90 Å². The lowest BCUT2D eigenvalue weighted by atomic mass is 10.0. The van der Waals surface area contributed by atoms with Gasteiger partial charge in [-0.3, -0.25) is 4.79 Å². The maximum Gasteiger partial charge on any atom is 0.256 e. The second kappa shape index (κ2) is 5.50. The van der Waals surface area contributed by atoms with Crippen LogP contribution in [-0.2, 0) is 11.3 Å². The average molecular weight is 248 g/mol. The predicted octanol–water partition coefficient (Wildman–Crippen LogP) is 1.65. The van der Waals surface area contributed by atoms with Crippen molar-refractivity contribution in [1.29, 1.82) is 0 Å². The Morgan fingerprint density at radius 3 is 2.78 bits per heavy atom. The predicted molar refractivity (Wildman–Crippen MR) is 71.3 cm³/mol. The molecule has 0 saturated heterocycles. The fourth-order valence-electron chi connectivity index (χ4n) is 2.40. The van der Waals surface area contributed by atoms with Crippen LogP contribution in [0, 0.1) is 0 Å². The van der Waals surface area contributed by atoms with E-state index < -0.39 is 5.60 Å². The van der Waals surface area contributed by atoms with Gasteiger partial charge >= 0.3 is 0 Å². The molecule has 0 aliphatic heterocycles. The van der Waals surface area contributed by atoms with Crippen molar-refractivity contribution < 1.29 is 9.90 Å². The first-order chi connectivity index (χ1) is 8.64. The van der Waals surface area contributed by atoms with Crippen molar-refractivity contribution in [2.45, 2.75) is 37.8 Å². The molecule has 0 radical (unpaired) electrons. The fourth-order valence-corrected chi connectivity index (χ4v) is 2.40. The van der Waals surface area contributed by atoms with Crippen molar-refractivity contribution in [1.82, 2.24) is 5.32 Å². The minimum Gasteiger partial charge on any atom is -0.380 e. The lowest BCUT2D eigenvalue weighted by Crippen LogP contribution is -2.40. The molecule has 4 heteroatoms. The number of amides is 1. The molecule has 18 heavy (non-hydrogen) atoms. The molecule has 1 fully saturated rings. The Labute approximate surface area is 107 Å². The highest BCUT2D eigenvalue weighted by Gasteiger charge is 2.38. The van der Waals surface area contributed by atoms with Gasteiger partial charge in [-0.25, -0.2) is 0 Å². The molecule has 1 aromatic rings. The van der Waals surface area contributed by atoms with Gasteiger partial charge in [-0.05, 0) is 50.4 Å². The van der Waals surface area contributed by atoms with Crippen LogP contribution >= 0.6 is 0 Å². The van der Waals surface area contributed by atoms with Gasteiger partial charge in [0.25, 0.3) is 5.91 Å². The van der Waals surface area contributed by atoms with Crippen LogP contribution in [-0.4, -0.2) is 23.7 Å². The number of nitrogens with one attached hydrogen (secondary N) is 2. The molecular formula is C14H20N2O2. The first-order valence-electron chi connectivity index (χ1n) is 6.41. The summed E-state index contributed by atoms with van der Waals surface area (Å²) in [6, 6.07) is 7.67. The van der Waals surface area contributed by atoms with Crippen LogP contribution in [0.5, 0.6) is 0 Å². The lowest BCUT2D eigenvalue weighted by molar-refractivity contribution is -0.133. The van der Waals surface area contributed by atoms with Crippen molar-refractivity contribution in [2.75, 3.05) is 12.4 Å². The topological polar surface area (TPSA) is 61.4 Å². The molecular weight excluding hydrogens is 228 g/mol. The molecule has 1 aromatic carbocycles.